The van der Waals surface area contributed by atoms with Crippen LogP contribution in [0.25, 0.3) is 0 Å². The average molecular weight is 541 g/mol. The number of methoxy groups -OCH3 is 1. The molecule has 210 valence electrons. The summed E-state index contributed by atoms with van der Waals surface area (Å²) in [7, 11) is 3.31. The van der Waals surface area contributed by atoms with Gasteiger partial charge < -0.3 is 25.4 Å². The fraction of sp³-hybridized carbons (Fsp3) is 0.500. The molecule has 0 saturated carbocycles. The van der Waals surface area contributed by atoms with Gasteiger partial charge in [0.25, 0.3) is 0 Å². The molecular formula is C28H37FN6O4. The van der Waals surface area contributed by atoms with Gasteiger partial charge >= 0.3 is 6.09 Å². The second kappa shape index (κ2) is 12.8. The topological polar surface area (TPSA) is 118 Å². The summed E-state index contributed by atoms with van der Waals surface area (Å²) in [5.41, 5.74) is -0.450. The summed E-state index contributed by atoms with van der Waals surface area (Å²) in [5.74, 6) is 6.48. The Morgan fingerprint density at radius 1 is 1.26 bits per heavy atom. The minimum atomic E-state index is -1.07. The van der Waals surface area contributed by atoms with Crippen LogP contribution in [0.15, 0.2) is 30.5 Å². The summed E-state index contributed by atoms with van der Waals surface area (Å²) in [5, 5.41) is 8.96. The van der Waals surface area contributed by atoms with Crippen molar-refractivity contribution >= 4 is 29.5 Å². The van der Waals surface area contributed by atoms with E-state index in [1.54, 1.807) is 60.2 Å². The molecule has 2 aromatic rings. The van der Waals surface area contributed by atoms with E-state index in [1.807, 2.05) is 0 Å². The fourth-order valence-electron chi connectivity index (χ4n) is 4.10. The van der Waals surface area contributed by atoms with Crippen LogP contribution in [0.3, 0.4) is 0 Å². The van der Waals surface area contributed by atoms with Gasteiger partial charge in [-0.1, -0.05) is 11.8 Å². The van der Waals surface area contributed by atoms with Crippen molar-refractivity contribution < 1.29 is 23.5 Å². The van der Waals surface area contributed by atoms with Crippen LogP contribution >= 0.6 is 0 Å². The molecule has 1 aliphatic heterocycles. The molecule has 3 rings (SSSR count). The van der Waals surface area contributed by atoms with Crippen LogP contribution < -0.4 is 16.0 Å². The third-order valence-electron chi connectivity index (χ3n) is 6.16. The Kier molecular flexibility index (Phi) is 9.70. The molecule has 1 aromatic carbocycles. The van der Waals surface area contributed by atoms with E-state index in [-0.39, 0.29) is 24.4 Å². The maximum absolute atomic E-state index is 13.1. The second-order valence-corrected chi connectivity index (χ2v) is 10.4. The first-order valence-electron chi connectivity index (χ1n) is 12.8. The molecule has 0 aliphatic carbocycles. The van der Waals surface area contributed by atoms with Crippen LogP contribution in [0.4, 0.5) is 26.6 Å². The smallest absolute Gasteiger partial charge is 0.411 e. The van der Waals surface area contributed by atoms with Gasteiger partial charge in [0.1, 0.15) is 22.8 Å². The Balaban J connectivity index is 1.53. The molecule has 2 amide bonds. The summed E-state index contributed by atoms with van der Waals surface area (Å²) in [4.78, 5) is 36.1. The molecule has 11 heteroatoms. The van der Waals surface area contributed by atoms with E-state index in [2.05, 4.69) is 37.8 Å². The quantitative estimate of drug-likeness (QED) is 0.339. The number of carbonyl (C=O) groups excluding carboxylic acids is 2. The van der Waals surface area contributed by atoms with Gasteiger partial charge in [-0.25, -0.2) is 14.2 Å². The zero-order valence-electron chi connectivity index (χ0n) is 23.4. The number of hydrogen-bond acceptors (Lipinski definition) is 8. The van der Waals surface area contributed by atoms with Crippen LogP contribution in [0.2, 0.25) is 0 Å². The number of rotatable bonds is 8. The molecule has 3 N–H and O–H groups in total. The standard InChI is InChI=1S/C28H37FN6O4/c1-27(2,3)39-26(37)35-18-22(38-6)16-28(35,4)24(36)31-15-9-7-8-10-19-17-32-25(34-23(19)30-5)33-21-13-11-20(29)12-14-21/h11-14,17,22H,7,9,15-16,18H2,1-6H3,(H,31,36)(H2,30,32,33,34)/t22-,28+/m1/s1. The molecule has 2 atom stereocenters. The second-order valence-electron chi connectivity index (χ2n) is 10.4. The van der Waals surface area contributed by atoms with Crippen molar-refractivity contribution in [2.24, 2.45) is 0 Å². The highest BCUT2D eigenvalue weighted by Crippen LogP contribution is 2.32. The normalized spacial score (nSPS) is 18.6. The lowest BCUT2D eigenvalue weighted by molar-refractivity contribution is -0.131. The number of benzene rings is 1. The molecule has 1 fully saturated rings. The molecule has 0 radical (unpaired) electrons. The van der Waals surface area contributed by atoms with Gasteiger partial charge in [-0.2, -0.15) is 4.98 Å². The lowest BCUT2D eigenvalue weighted by atomic mass is 9.97. The van der Waals surface area contributed by atoms with E-state index in [9.17, 15) is 14.0 Å². The van der Waals surface area contributed by atoms with E-state index < -0.39 is 17.2 Å². The molecule has 39 heavy (non-hydrogen) atoms. The van der Waals surface area contributed by atoms with Crippen molar-refractivity contribution in [3.8, 4) is 11.8 Å². The van der Waals surface area contributed by atoms with E-state index >= 15 is 0 Å². The SMILES string of the molecule is CNc1nc(Nc2ccc(F)cc2)ncc1C#CCCCNC(=O)[C@]1(C)C[C@@H](OC)CN1C(=O)OC(C)(C)C. The first-order valence-corrected chi connectivity index (χ1v) is 12.8. The molecule has 2 heterocycles. The molecular weight excluding hydrogens is 503 g/mol. The predicted molar refractivity (Wildman–Crippen MR) is 147 cm³/mol. The number of unbranched alkanes of at least 4 members (excludes halogenated alkanes) is 1. The number of nitrogens with one attached hydrogen (secondary N) is 3. The van der Waals surface area contributed by atoms with Gasteiger partial charge in [-0.05, 0) is 58.4 Å². The van der Waals surface area contributed by atoms with Crippen molar-refractivity contribution in [3.05, 3.63) is 41.8 Å². The third kappa shape index (κ3) is 8.04. The Labute approximate surface area is 229 Å². The monoisotopic (exact) mass is 540 g/mol. The minimum Gasteiger partial charge on any atom is -0.444 e. The van der Waals surface area contributed by atoms with Gasteiger partial charge in [0.2, 0.25) is 11.9 Å². The largest absolute Gasteiger partial charge is 0.444 e. The molecule has 0 unspecified atom stereocenters. The molecule has 1 aromatic heterocycles. The van der Waals surface area contributed by atoms with Crippen molar-refractivity contribution in [2.75, 3.05) is 37.9 Å². The van der Waals surface area contributed by atoms with E-state index in [1.165, 1.54) is 17.0 Å². The van der Waals surface area contributed by atoms with Gasteiger partial charge in [0, 0.05) is 39.2 Å². The number of amides is 2. The molecule has 0 spiro atoms. The number of ether oxygens (including phenoxy) is 2. The molecule has 0 bridgehead atoms. The summed E-state index contributed by atoms with van der Waals surface area (Å²) in [6.45, 7) is 7.79. The zero-order chi connectivity index (χ0) is 28.6. The fourth-order valence-corrected chi connectivity index (χ4v) is 4.10. The van der Waals surface area contributed by atoms with Gasteiger partial charge in [-0.15, -0.1) is 0 Å². The van der Waals surface area contributed by atoms with Crippen molar-refractivity contribution in [2.45, 2.75) is 64.2 Å². The Morgan fingerprint density at radius 2 is 1.97 bits per heavy atom. The van der Waals surface area contributed by atoms with E-state index in [4.69, 9.17) is 9.47 Å². The Morgan fingerprint density at radius 3 is 2.62 bits per heavy atom. The highest BCUT2D eigenvalue weighted by Gasteiger charge is 2.51. The number of aromatic nitrogens is 2. The van der Waals surface area contributed by atoms with Crippen LogP contribution in [0, 0.1) is 17.7 Å². The van der Waals surface area contributed by atoms with Crippen molar-refractivity contribution in [1.82, 2.24) is 20.2 Å². The first-order chi connectivity index (χ1) is 18.4. The Bertz CT molecular complexity index is 1220. The predicted octanol–water partition coefficient (Wildman–Crippen LogP) is 4.06. The summed E-state index contributed by atoms with van der Waals surface area (Å²) in [6, 6.07) is 5.90. The first kappa shape index (κ1) is 29.6. The van der Waals surface area contributed by atoms with Gasteiger partial charge in [0.15, 0.2) is 0 Å². The molecule has 10 nitrogen and oxygen atoms in total. The van der Waals surface area contributed by atoms with Crippen LogP contribution in [0.5, 0.6) is 0 Å². The number of nitrogens with zero attached hydrogens (tertiary/aromatic N) is 3. The highest BCUT2D eigenvalue weighted by molar-refractivity contribution is 5.90. The summed E-state index contributed by atoms with van der Waals surface area (Å²) >= 11 is 0. The van der Waals surface area contributed by atoms with Gasteiger partial charge in [-0.3, -0.25) is 9.69 Å². The highest BCUT2D eigenvalue weighted by atomic mass is 19.1. The maximum atomic E-state index is 13.1. The van der Waals surface area contributed by atoms with Gasteiger partial charge in [0.05, 0.1) is 24.4 Å². The van der Waals surface area contributed by atoms with Crippen LogP contribution in [-0.4, -0.2) is 71.4 Å². The van der Waals surface area contributed by atoms with E-state index in [0.717, 1.165) is 0 Å². The van der Waals surface area contributed by atoms with Crippen LogP contribution in [0.1, 0.15) is 52.5 Å². The zero-order valence-corrected chi connectivity index (χ0v) is 23.4. The maximum Gasteiger partial charge on any atom is 0.411 e. The number of halogens is 1. The summed E-state index contributed by atoms with van der Waals surface area (Å²) in [6.07, 6.45) is 2.36. The summed E-state index contributed by atoms with van der Waals surface area (Å²) < 4.78 is 24.1. The van der Waals surface area contributed by atoms with Crippen molar-refractivity contribution in [3.63, 3.8) is 0 Å². The molecule has 1 aliphatic rings. The average Bonchev–Trinajstić information content (AvgIpc) is 3.25. The number of hydrogen-bond donors (Lipinski definition) is 3. The number of carbonyl (C=O) groups is 2. The third-order valence-corrected chi connectivity index (χ3v) is 6.16. The number of likely N-dealkylation sites (tertiary alicyclic amines) is 1. The molecule has 1 saturated heterocycles. The minimum absolute atomic E-state index is 0.250. The lowest BCUT2D eigenvalue weighted by Crippen LogP contribution is -2.56. The van der Waals surface area contributed by atoms with E-state index in [0.29, 0.717) is 48.8 Å². The van der Waals surface area contributed by atoms with Crippen molar-refractivity contribution in [1.29, 1.82) is 0 Å². The lowest BCUT2D eigenvalue weighted by Gasteiger charge is -2.34. The van der Waals surface area contributed by atoms with Crippen LogP contribution in [-0.2, 0) is 14.3 Å². The Hall–Kier alpha value is -3.91. The number of anilines is 3.